The molecule has 0 aliphatic carbocycles. The molecule has 0 amide bonds. The maximum absolute atomic E-state index is 10.1. The highest BCUT2D eigenvalue weighted by Crippen LogP contribution is 2.50. The molecule has 0 saturated carbocycles. The standard InChI is InChI=1S/C12H21NO3S/c1-4-11(14)9-13(3)17(15,16)12-7-5-10(2)6-8-12/h5-8,11,14-16H,4,9H2,1-3H3. The van der Waals surface area contributed by atoms with Crippen molar-refractivity contribution in [2.24, 2.45) is 0 Å². The summed E-state index contributed by atoms with van der Waals surface area (Å²) in [6, 6.07) is 7.10. The first kappa shape index (κ1) is 14.5. The third-order valence-electron chi connectivity index (χ3n) is 2.71. The lowest BCUT2D eigenvalue weighted by molar-refractivity contribution is 0.145. The van der Waals surface area contributed by atoms with Gasteiger partial charge in [0.1, 0.15) is 0 Å². The minimum Gasteiger partial charge on any atom is -0.392 e. The van der Waals surface area contributed by atoms with Crippen LogP contribution in [-0.4, -0.2) is 38.2 Å². The van der Waals surface area contributed by atoms with Crippen molar-refractivity contribution in [2.45, 2.75) is 31.3 Å². The van der Waals surface area contributed by atoms with Gasteiger partial charge in [-0.05, 0) is 25.5 Å². The van der Waals surface area contributed by atoms with Gasteiger partial charge < -0.3 is 5.11 Å². The molecule has 0 aliphatic heterocycles. The summed E-state index contributed by atoms with van der Waals surface area (Å²) in [5.74, 6) is 0. The number of aliphatic hydroxyl groups excluding tert-OH is 1. The maximum atomic E-state index is 10.1. The summed E-state index contributed by atoms with van der Waals surface area (Å²) in [7, 11) is -1.38. The fourth-order valence-electron chi connectivity index (χ4n) is 1.43. The number of aliphatic hydroxyl groups is 1. The van der Waals surface area contributed by atoms with E-state index in [0.717, 1.165) is 5.56 Å². The van der Waals surface area contributed by atoms with Crippen molar-refractivity contribution < 1.29 is 14.2 Å². The van der Waals surface area contributed by atoms with Crippen LogP contribution in [0, 0.1) is 6.92 Å². The Kier molecular flexibility index (Phi) is 4.97. The molecular formula is C12H21NO3S. The lowest BCUT2D eigenvalue weighted by atomic mass is 10.2. The predicted molar refractivity (Wildman–Crippen MR) is 71.2 cm³/mol. The zero-order valence-electron chi connectivity index (χ0n) is 10.5. The van der Waals surface area contributed by atoms with Gasteiger partial charge >= 0.3 is 0 Å². The van der Waals surface area contributed by atoms with E-state index in [4.69, 9.17) is 0 Å². The molecule has 0 radical (unpaired) electrons. The molecule has 1 aromatic carbocycles. The van der Waals surface area contributed by atoms with Crippen molar-refractivity contribution in [3.8, 4) is 0 Å². The first-order chi connectivity index (χ1) is 7.87. The zero-order valence-corrected chi connectivity index (χ0v) is 11.3. The Morgan fingerprint density at radius 1 is 1.24 bits per heavy atom. The number of likely N-dealkylation sites (N-methyl/N-ethyl adjacent to an activating group) is 1. The summed E-state index contributed by atoms with van der Waals surface area (Å²) in [4.78, 5) is 0.480. The predicted octanol–water partition coefficient (Wildman–Crippen LogP) is 2.72. The maximum Gasteiger partial charge on any atom is 0.0752 e. The Balaban J connectivity index is 2.82. The second-order valence-corrected chi connectivity index (χ2v) is 6.34. The number of hydrogen-bond donors (Lipinski definition) is 3. The normalized spacial score (nSPS) is 15.0. The number of nitrogens with zero attached hydrogens (tertiary/aromatic N) is 1. The van der Waals surface area contributed by atoms with E-state index >= 15 is 0 Å². The minimum atomic E-state index is -2.99. The Labute approximate surface area is 104 Å². The summed E-state index contributed by atoms with van der Waals surface area (Å²) in [6.45, 7) is 4.04. The van der Waals surface area contributed by atoms with Gasteiger partial charge in [0.25, 0.3) is 0 Å². The number of hydrogen-bond acceptors (Lipinski definition) is 4. The number of benzene rings is 1. The van der Waals surface area contributed by atoms with E-state index in [1.165, 1.54) is 4.31 Å². The Morgan fingerprint density at radius 2 is 1.76 bits per heavy atom. The SMILES string of the molecule is CCC(O)CN(C)S(O)(O)c1ccc(C)cc1. The summed E-state index contributed by atoms with van der Waals surface area (Å²) < 4.78 is 21.7. The van der Waals surface area contributed by atoms with E-state index in [-0.39, 0.29) is 6.54 Å². The molecule has 98 valence electrons. The van der Waals surface area contributed by atoms with Crippen LogP contribution in [0.5, 0.6) is 0 Å². The molecule has 1 atom stereocenters. The number of aryl methyl sites for hydroxylation is 1. The second-order valence-electron chi connectivity index (χ2n) is 4.20. The summed E-state index contributed by atoms with van der Waals surface area (Å²) >= 11 is 0. The highest BCUT2D eigenvalue weighted by atomic mass is 32.3. The Bertz CT molecular complexity index is 353. The molecule has 0 bridgehead atoms. The van der Waals surface area contributed by atoms with E-state index in [1.807, 2.05) is 26.0 Å². The quantitative estimate of drug-likeness (QED) is 0.761. The third-order valence-corrected chi connectivity index (χ3v) is 4.63. The molecule has 0 heterocycles. The highest BCUT2D eigenvalue weighted by molar-refractivity contribution is 8.22. The first-order valence-electron chi connectivity index (χ1n) is 5.62. The molecule has 3 N–H and O–H groups in total. The van der Waals surface area contributed by atoms with Crippen LogP contribution in [0.2, 0.25) is 0 Å². The van der Waals surface area contributed by atoms with Gasteiger partial charge in [-0.15, -0.1) is 10.8 Å². The molecule has 1 rings (SSSR count). The van der Waals surface area contributed by atoms with E-state index in [2.05, 4.69) is 0 Å². The lowest BCUT2D eigenvalue weighted by Gasteiger charge is -2.41. The van der Waals surface area contributed by atoms with Gasteiger partial charge in [-0.2, -0.15) is 0 Å². The molecule has 1 aromatic rings. The molecule has 0 aliphatic rings. The van der Waals surface area contributed by atoms with Crippen LogP contribution in [0.1, 0.15) is 18.9 Å². The molecule has 0 spiro atoms. The van der Waals surface area contributed by atoms with E-state index in [0.29, 0.717) is 11.3 Å². The fraction of sp³-hybridized carbons (Fsp3) is 0.500. The molecular weight excluding hydrogens is 238 g/mol. The van der Waals surface area contributed by atoms with Crippen LogP contribution in [0.4, 0.5) is 0 Å². The van der Waals surface area contributed by atoms with Crippen LogP contribution in [0.3, 0.4) is 0 Å². The van der Waals surface area contributed by atoms with Crippen molar-refractivity contribution in [1.29, 1.82) is 0 Å². The molecule has 1 unspecified atom stereocenters. The van der Waals surface area contributed by atoms with E-state index in [1.54, 1.807) is 19.2 Å². The second kappa shape index (κ2) is 5.84. The zero-order chi connectivity index (χ0) is 13.1. The monoisotopic (exact) mass is 259 g/mol. The lowest BCUT2D eigenvalue weighted by Crippen LogP contribution is -2.31. The molecule has 4 nitrogen and oxygen atoms in total. The van der Waals surface area contributed by atoms with Crippen molar-refractivity contribution in [2.75, 3.05) is 13.6 Å². The van der Waals surface area contributed by atoms with Crippen LogP contribution < -0.4 is 0 Å². The van der Waals surface area contributed by atoms with Crippen molar-refractivity contribution in [1.82, 2.24) is 4.31 Å². The molecule has 0 aromatic heterocycles. The van der Waals surface area contributed by atoms with Crippen molar-refractivity contribution >= 4 is 10.8 Å². The molecule has 0 saturated heterocycles. The third kappa shape index (κ3) is 3.69. The van der Waals surface area contributed by atoms with Crippen LogP contribution in [-0.2, 0) is 0 Å². The topological polar surface area (TPSA) is 63.9 Å². The van der Waals surface area contributed by atoms with Gasteiger partial charge in [0, 0.05) is 13.6 Å². The first-order valence-corrected chi connectivity index (χ1v) is 7.12. The number of rotatable bonds is 5. The molecule has 17 heavy (non-hydrogen) atoms. The smallest absolute Gasteiger partial charge is 0.0752 e. The van der Waals surface area contributed by atoms with E-state index in [9.17, 15) is 14.2 Å². The Hall–Kier alpha value is -0.590. The van der Waals surface area contributed by atoms with Crippen LogP contribution in [0.15, 0.2) is 29.2 Å². The average molecular weight is 259 g/mol. The Morgan fingerprint density at radius 3 is 2.24 bits per heavy atom. The van der Waals surface area contributed by atoms with Crippen LogP contribution in [0.25, 0.3) is 0 Å². The largest absolute Gasteiger partial charge is 0.392 e. The van der Waals surface area contributed by atoms with Gasteiger partial charge in [-0.25, -0.2) is 4.31 Å². The summed E-state index contributed by atoms with van der Waals surface area (Å²) in [5.41, 5.74) is 1.07. The van der Waals surface area contributed by atoms with Crippen molar-refractivity contribution in [3.05, 3.63) is 29.8 Å². The van der Waals surface area contributed by atoms with Gasteiger partial charge in [0.2, 0.25) is 0 Å². The minimum absolute atomic E-state index is 0.243. The van der Waals surface area contributed by atoms with Gasteiger partial charge in [-0.1, -0.05) is 24.6 Å². The molecule has 5 heteroatoms. The summed E-state index contributed by atoms with van der Waals surface area (Å²) in [5, 5.41) is 9.53. The van der Waals surface area contributed by atoms with Crippen LogP contribution >= 0.6 is 10.8 Å². The highest BCUT2D eigenvalue weighted by Gasteiger charge is 2.23. The van der Waals surface area contributed by atoms with E-state index < -0.39 is 16.9 Å². The van der Waals surface area contributed by atoms with Gasteiger partial charge in [0.05, 0.1) is 11.0 Å². The summed E-state index contributed by atoms with van der Waals surface area (Å²) in [6.07, 6.45) is 0.0462. The molecule has 0 fully saturated rings. The fourth-order valence-corrected chi connectivity index (χ4v) is 2.67. The average Bonchev–Trinajstić information content (AvgIpc) is 2.29. The van der Waals surface area contributed by atoms with Gasteiger partial charge in [-0.3, -0.25) is 9.11 Å². The van der Waals surface area contributed by atoms with Crippen molar-refractivity contribution in [3.63, 3.8) is 0 Å². The van der Waals surface area contributed by atoms with Gasteiger partial charge in [0.15, 0.2) is 0 Å².